The molecule has 5 nitrogen and oxygen atoms in total. The maximum absolute atomic E-state index is 11.3. The third-order valence-electron chi connectivity index (χ3n) is 3.58. The second-order valence-corrected chi connectivity index (χ2v) is 5.12. The number of primary amides is 1. The maximum Gasteiger partial charge on any atom is 0.252 e. The zero-order chi connectivity index (χ0) is 13.7. The van der Waals surface area contributed by atoms with E-state index in [4.69, 9.17) is 5.73 Å². The molecule has 1 aromatic heterocycles. The lowest BCUT2D eigenvalue weighted by Crippen LogP contribution is -2.24. The summed E-state index contributed by atoms with van der Waals surface area (Å²) in [6.45, 7) is 6.58. The molecule has 1 unspecified atom stereocenters. The van der Waals surface area contributed by atoms with E-state index in [9.17, 15) is 4.79 Å². The van der Waals surface area contributed by atoms with Crippen molar-refractivity contribution in [1.29, 1.82) is 0 Å². The Hall–Kier alpha value is -1.62. The quantitative estimate of drug-likeness (QED) is 0.811. The molecular weight excluding hydrogens is 240 g/mol. The first-order valence-electron chi connectivity index (χ1n) is 6.90. The summed E-state index contributed by atoms with van der Waals surface area (Å²) in [5.41, 5.74) is 6.58. The van der Waals surface area contributed by atoms with E-state index >= 15 is 0 Å². The summed E-state index contributed by atoms with van der Waals surface area (Å²) in [4.78, 5) is 17.7. The molecular formula is C14H22N4O. The average molecular weight is 262 g/mol. The van der Waals surface area contributed by atoms with Gasteiger partial charge in [0.25, 0.3) is 5.91 Å². The molecule has 0 bridgehead atoms. The summed E-state index contributed by atoms with van der Waals surface area (Å²) in [6.07, 6.45) is 5.61. The first kappa shape index (κ1) is 13.8. The van der Waals surface area contributed by atoms with Crippen molar-refractivity contribution in [3.8, 4) is 0 Å². The largest absolute Gasteiger partial charge is 0.384 e. The van der Waals surface area contributed by atoms with E-state index in [1.165, 1.54) is 32.1 Å². The zero-order valence-corrected chi connectivity index (χ0v) is 11.4. The van der Waals surface area contributed by atoms with Crippen LogP contribution in [0.25, 0.3) is 0 Å². The molecule has 3 N–H and O–H groups in total. The van der Waals surface area contributed by atoms with E-state index in [2.05, 4.69) is 22.1 Å². The van der Waals surface area contributed by atoms with Crippen molar-refractivity contribution in [3.63, 3.8) is 0 Å². The molecule has 1 fully saturated rings. The van der Waals surface area contributed by atoms with Crippen LogP contribution in [0.4, 0.5) is 5.69 Å². The molecule has 1 atom stereocenters. The van der Waals surface area contributed by atoms with Gasteiger partial charge in [0.2, 0.25) is 0 Å². The number of nitrogens with one attached hydrogen (secondary N) is 1. The van der Waals surface area contributed by atoms with Gasteiger partial charge in [-0.05, 0) is 37.9 Å². The lowest BCUT2D eigenvalue weighted by molar-refractivity contribution is 0.100. The van der Waals surface area contributed by atoms with Crippen LogP contribution in [0, 0.1) is 5.92 Å². The van der Waals surface area contributed by atoms with E-state index in [1.54, 1.807) is 12.3 Å². The van der Waals surface area contributed by atoms with Crippen molar-refractivity contribution in [2.75, 3.05) is 31.5 Å². The second kappa shape index (κ2) is 6.52. The smallest absolute Gasteiger partial charge is 0.252 e. The fourth-order valence-corrected chi connectivity index (χ4v) is 2.60. The lowest BCUT2D eigenvalue weighted by Gasteiger charge is -2.16. The molecule has 0 radical (unpaired) electrons. The highest BCUT2D eigenvalue weighted by Gasteiger charge is 2.21. The summed E-state index contributed by atoms with van der Waals surface area (Å²) >= 11 is 0. The predicted octanol–water partition coefficient (Wildman–Crippen LogP) is 1.32. The molecule has 1 amide bonds. The summed E-state index contributed by atoms with van der Waals surface area (Å²) in [6, 6.07) is 1.80. The fourth-order valence-electron chi connectivity index (χ4n) is 2.60. The standard InChI is InChI=1S/C14H22N4O/c1-2-6-18-7-4-11(10-18)8-17-13-3-5-16-9-12(13)14(15)19/h3,5,9,11H,2,4,6-8,10H2,1H3,(H2,15,19)(H,16,17). The summed E-state index contributed by atoms with van der Waals surface area (Å²) in [5.74, 6) is 0.204. The zero-order valence-electron chi connectivity index (χ0n) is 11.4. The van der Waals surface area contributed by atoms with Crippen LogP contribution in [0.1, 0.15) is 30.1 Å². The first-order valence-corrected chi connectivity index (χ1v) is 6.90. The Bertz CT molecular complexity index is 435. The molecule has 0 aromatic carbocycles. The summed E-state index contributed by atoms with van der Waals surface area (Å²) in [7, 11) is 0. The van der Waals surface area contributed by atoms with Gasteiger partial charge in [0.15, 0.2) is 0 Å². The topological polar surface area (TPSA) is 71.2 Å². The molecule has 5 heteroatoms. The van der Waals surface area contributed by atoms with Crippen LogP contribution in [0.3, 0.4) is 0 Å². The highest BCUT2D eigenvalue weighted by Crippen LogP contribution is 2.19. The molecule has 0 aliphatic carbocycles. The van der Waals surface area contributed by atoms with Gasteiger partial charge >= 0.3 is 0 Å². The van der Waals surface area contributed by atoms with Gasteiger partial charge in [-0.15, -0.1) is 0 Å². The normalized spacial score (nSPS) is 19.5. The molecule has 2 rings (SSSR count). The van der Waals surface area contributed by atoms with Crippen molar-refractivity contribution < 1.29 is 4.79 Å². The predicted molar refractivity (Wildman–Crippen MR) is 76.1 cm³/mol. The molecule has 2 heterocycles. The minimum atomic E-state index is -0.436. The molecule has 19 heavy (non-hydrogen) atoms. The Labute approximate surface area is 114 Å². The van der Waals surface area contributed by atoms with Gasteiger partial charge in [-0.1, -0.05) is 6.92 Å². The SMILES string of the molecule is CCCN1CCC(CNc2ccncc2C(N)=O)C1. The first-order chi connectivity index (χ1) is 9.20. The highest BCUT2D eigenvalue weighted by molar-refractivity contribution is 5.98. The molecule has 1 aromatic rings. The number of nitrogens with two attached hydrogens (primary N) is 1. The Balaban J connectivity index is 1.88. The van der Waals surface area contributed by atoms with Gasteiger partial charge in [-0.3, -0.25) is 9.78 Å². The van der Waals surface area contributed by atoms with Crippen LogP contribution in [-0.2, 0) is 0 Å². The number of amides is 1. The van der Waals surface area contributed by atoms with Crippen molar-refractivity contribution >= 4 is 11.6 Å². The molecule has 0 saturated carbocycles. The average Bonchev–Trinajstić information content (AvgIpc) is 2.85. The minimum absolute atomic E-state index is 0.436. The Kier molecular flexibility index (Phi) is 4.74. The number of anilines is 1. The number of hydrogen-bond donors (Lipinski definition) is 2. The van der Waals surface area contributed by atoms with Crippen molar-refractivity contribution in [3.05, 3.63) is 24.0 Å². The lowest BCUT2D eigenvalue weighted by atomic mass is 10.1. The molecule has 104 valence electrons. The van der Waals surface area contributed by atoms with E-state index in [0.717, 1.165) is 18.8 Å². The van der Waals surface area contributed by atoms with E-state index in [0.29, 0.717) is 11.5 Å². The van der Waals surface area contributed by atoms with Gasteiger partial charge in [-0.25, -0.2) is 0 Å². The Morgan fingerprint density at radius 3 is 3.21 bits per heavy atom. The van der Waals surface area contributed by atoms with Crippen LogP contribution in [0.2, 0.25) is 0 Å². The van der Waals surface area contributed by atoms with E-state index < -0.39 is 5.91 Å². The molecule has 1 saturated heterocycles. The monoisotopic (exact) mass is 262 g/mol. The number of aromatic nitrogens is 1. The Morgan fingerprint density at radius 1 is 1.63 bits per heavy atom. The van der Waals surface area contributed by atoms with Gasteiger partial charge in [0.05, 0.1) is 11.3 Å². The van der Waals surface area contributed by atoms with Crippen molar-refractivity contribution in [2.45, 2.75) is 19.8 Å². The van der Waals surface area contributed by atoms with Gasteiger partial charge in [0, 0.05) is 25.5 Å². The van der Waals surface area contributed by atoms with Gasteiger partial charge in [-0.2, -0.15) is 0 Å². The van der Waals surface area contributed by atoms with E-state index in [1.807, 2.05) is 0 Å². The number of nitrogens with zero attached hydrogens (tertiary/aromatic N) is 2. The number of carbonyl (C=O) groups excluding carboxylic acids is 1. The van der Waals surface area contributed by atoms with Crippen LogP contribution < -0.4 is 11.1 Å². The highest BCUT2D eigenvalue weighted by atomic mass is 16.1. The number of hydrogen-bond acceptors (Lipinski definition) is 4. The van der Waals surface area contributed by atoms with Crippen LogP contribution in [0.15, 0.2) is 18.5 Å². The van der Waals surface area contributed by atoms with Crippen LogP contribution >= 0.6 is 0 Å². The molecule has 1 aliphatic heterocycles. The Morgan fingerprint density at radius 2 is 2.47 bits per heavy atom. The summed E-state index contributed by atoms with van der Waals surface area (Å²) in [5, 5.41) is 3.33. The number of rotatable bonds is 6. The second-order valence-electron chi connectivity index (χ2n) is 5.12. The third kappa shape index (κ3) is 3.67. The molecule has 1 aliphatic rings. The van der Waals surface area contributed by atoms with Gasteiger partial charge < -0.3 is 16.0 Å². The fraction of sp³-hybridized carbons (Fsp3) is 0.571. The molecule has 0 spiro atoms. The summed E-state index contributed by atoms with van der Waals surface area (Å²) < 4.78 is 0. The van der Waals surface area contributed by atoms with Gasteiger partial charge in [0.1, 0.15) is 0 Å². The van der Waals surface area contributed by atoms with E-state index in [-0.39, 0.29) is 0 Å². The van der Waals surface area contributed by atoms with Crippen LogP contribution in [0.5, 0.6) is 0 Å². The van der Waals surface area contributed by atoms with Crippen LogP contribution in [-0.4, -0.2) is 42.0 Å². The van der Waals surface area contributed by atoms with Crippen molar-refractivity contribution in [1.82, 2.24) is 9.88 Å². The van der Waals surface area contributed by atoms with Crippen molar-refractivity contribution in [2.24, 2.45) is 11.7 Å². The third-order valence-corrected chi connectivity index (χ3v) is 3.58. The minimum Gasteiger partial charge on any atom is -0.384 e. The number of pyridine rings is 1. The maximum atomic E-state index is 11.3. The number of likely N-dealkylation sites (tertiary alicyclic amines) is 1. The number of carbonyl (C=O) groups is 1.